The molecule has 1 N–H and O–H groups in total. The van der Waals surface area contributed by atoms with Crippen LogP contribution in [-0.4, -0.2) is 25.8 Å². The van der Waals surface area contributed by atoms with Gasteiger partial charge in [0.15, 0.2) is 11.3 Å². The molecule has 1 aromatic carbocycles. The lowest BCUT2D eigenvalue weighted by atomic mass is 10.3. The Morgan fingerprint density at radius 1 is 1.45 bits per heavy atom. The maximum absolute atomic E-state index is 11.6. The number of carbonyl (C=O) groups excluding carboxylic acids is 1. The summed E-state index contributed by atoms with van der Waals surface area (Å²) in [5.74, 6) is 1.50. The van der Waals surface area contributed by atoms with E-state index in [9.17, 15) is 4.79 Å². The highest BCUT2D eigenvalue weighted by molar-refractivity contribution is 14.1. The number of hydrogen-bond acceptors (Lipinski definition) is 5. The lowest BCUT2D eigenvalue weighted by Crippen LogP contribution is -2.24. The van der Waals surface area contributed by atoms with Gasteiger partial charge in [-0.25, -0.2) is 5.43 Å². The maximum Gasteiger partial charge on any atom is 0.277 e. The van der Waals surface area contributed by atoms with Crippen LogP contribution in [0.2, 0.25) is 0 Å². The lowest BCUT2D eigenvalue weighted by molar-refractivity contribution is -0.123. The van der Waals surface area contributed by atoms with Gasteiger partial charge >= 0.3 is 0 Å². The summed E-state index contributed by atoms with van der Waals surface area (Å²) in [5, 5.41) is 3.78. The summed E-state index contributed by atoms with van der Waals surface area (Å²) < 4.78 is 17.2. The molecule has 1 aromatic heterocycles. The Labute approximate surface area is 149 Å². The van der Waals surface area contributed by atoms with Crippen LogP contribution in [0.1, 0.15) is 5.76 Å². The molecule has 0 bridgehead atoms. The third-order valence-corrected chi connectivity index (χ3v) is 3.74. The molecule has 8 heteroatoms. The van der Waals surface area contributed by atoms with Crippen LogP contribution in [-0.2, 0) is 4.79 Å². The van der Waals surface area contributed by atoms with Crippen molar-refractivity contribution < 1.29 is 18.7 Å². The molecule has 0 atom stereocenters. The molecule has 0 radical (unpaired) electrons. The number of halogens is 2. The number of amides is 1. The first-order chi connectivity index (χ1) is 10.6. The van der Waals surface area contributed by atoms with Crippen LogP contribution < -0.4 is 14.9 Å². The first-order valence-electron chi connectivity index (χ1n) is 6.12. The molecule has 0 saturated heterocycles. The molecule has 0 aliphatic carbocycles. The molecule has 116 valence electrons. The van der Waals surface area contributed by atoms with E-state index in [1.165, 1.54) is 6.21 Å². The van der Waals surface area contributed by atoms with Crippen molar-refractivity contribution in [1.29, 1.82) is 0 Å². The smallest absolute Gasteiger partial charge is 0.277 e. The zero-order valence-electron chi connectivity index (χ0n) is 11.5. The Morgan fingerprint density at radius 2 is 2.27 bits per heavy atom. The minimum atomic E-state index is -0.367. The van der Waals surface area contributed by atoms with E-state index in [1.807, 2.05) is 6.07 Å². The maximum atomic E-state index is 11.6. The van der Waals surface area contributed by atoms with Gasteiger partial charge in [0.25, 0.3) is 5.91 Å². The summed E-state index contributed by atoms with van der Waals surface area (Å²) in [6.45, 7) is -0.137. The van der Waals surface area contributed by atoms with E-state index in [4.69, 9.17) is 13.9 Å². The molecule has 0 fully saturated rings. The van der Waals surface area contributed by atoms with Gasteiger partial charge in [-0.05, 0) is 68.9 Å². The third kappa shape index (κ3) is 5.02. The number of rotatable bonds is 6. The van der Waals surface area contributed by atoms with Crippen molar-refractivity contribution in [3.63, 3.8) is 0 Å². The number of carbonyl (C=O) groups is 1. The molecule has 0 aliphatic rings. The molecule has 1 amide bonds. The summed E-state index contributed by atoms with van der Waals surface area (Å²) in [7, 11) is 1.59. The molecule has 22 heavy (non-hydrogen) atoms. The molecule has 0 saturated carbocycles. The molecule has 1 heterocycles. The minimum Gasteiger partial charge on any atom is -0.497 e. The topological polar surface area (TPSA) is 73.1 Å². The number of nitrogens with one attached hydrogen (secondary N) is 1. The van der Waals surface area contributed by atoms with Gasteiger partial charge in [0.05, 0.1) is 16.9 Å². The number of benzene rings is 1. The Hall–Kier alpha value is -1.55. The van der Waals surface area contributed by atoms with Crippen LogP contribution in [0, 0.1) is 3.57 Å². The van der Waals surface area contributed by atoms with E-state index in [0.29, 0.717) is 16.2 Å². The van der Waals surface area contributed by atoms with Crippen LogP contribution in [0.5, 0.6) is 11.5 Å². The molecule has 2 aromatic rings. The summed E-state index contributed by atoms with van der Waals surface area (Å²) in [6.07, 6.45) is 1.40. The van der Waals surface area contributed by atoms with E-state index in [2.05, 4.69) is 49.0 Å². The second-order valence-electron chi connectivity index (χ2n) is 4.02. The van der Waals surface area contributed by atoms with Crippen LogP contribution in [0.3, 0.4) is 0 Å². The van der Waals surface area contributed by atoms with Crippen LogP contribution >= 0.6 is 38.5 Å². The third-order valence-electron chi connectivity index (χ3n) is 2.47. The first-order valence-corrected chi connectivity index (χ1v) is 7.99. The van der Waals surface area contributed by atoms with Crippen molar-refractivity contribution in [3.8, 4) is 11.5 Å². The fraction of sp³-hybridized carbons (Fsp3) is 0.143. The Morgan fingerprint density at radius 3 is 2.91 bits per heavy atom. The predicted molar refractivity (Wildman–Crippen MR) is 93.4 cm³/mol. The van der Waals surface area contributed by atoms with Crippen LogP contribution in [0.4, 0.5) is 0 Å². The summed E-state index contributed by atoms with van der Waals surface area (Å²) in [5.41, 5.74) is 2.36. The van der Waals surface area contributed by atoms with Crippen molar-refractivity contribution in [1.82, 2.24) is 5.43 Å². The fourth-order valence-electron chi connectivity index (χ4n) is 1.47. The average Bonchev–Trinajstić information content (AvgIpc) is 2.91. The lowest BCUT2D eigenvalue weighted by Gasteiger charge is -2.08. The highest BCUT2D eigenvalue weighted by Crippen LogP contribution is 2.25. The number of methoxy groups -OCH3 is 1. The zero-order valence-corrected chi connectivity index (χ0v) is 15.3. The monoisotopic (exact) mass is 478 g/mol. The van der Waals surface area contributed by atoms with Crippen molar-refractivity contribution in [2.75, 3.05) is 13.7 Å². The van der Waals surface area contributed by atoms with Gasteiger partial charge in [-0.2, -0.15) is 5.10 Å². The largest absolute Gasteiger partial charge is 0.497 e. The molecule has 0 aliphatic heterocycles. The van der Waals surface area contributed by atoms with Crippen molar-refractivity contribution in [2.45, 2.75) is 0 Å². The van der Waals surface area contributed by atoms with Gasteiger partial charge in [0.1, 0.15) is 17.3 Å². The van der Waals surface area contributed by atoms with Crippen LogP contribution in [0.15, 0.2) is 44.5 Å². The quantitative estimate of drug-likeness (QED) is 0.393. The van der Waals surface area contributed by atoms with E-state index < -0.39 is 0 Å². The Bertz CT molecular complexity index is 687. The molecular formula is C14H12BrIN2O4. The molecule has 0 unspecified atom stereocenters. The van der Waals surface area contributed by atoms with E-state index in [0.717, 1.165) is 9.32 Å². The summed E-state index contributed by atoms with van der Waals surface area (Å²) in [6, 6.07) is 8.79. The normalized spacial score (nSPS) is 10.7. The van der Waals surface area contributed by atoms with Crippen LogP contribution in [0.25, 0.3) is 0 Å². The standard InChI is InChI=1S/C14H12BrIN2O4/c1-20-9-2-4-12(11(16)6-9)21-8-14(19)18-17-7-10-3-5-13(15)22-10/h2-7H,8H2,1H3,(H,18,19). The molecular weight excluding hydrogens is 467 g/mol. The van der Waals surface area contributed by atoms with Gasteiger partial charge in [0.2, 0.25) is 0 Å². The predicted octanol–water partition coefficient (Wildman–Crippen LogP) is 3.18. The highest BCUT2D eigenvalue weighted by Gasteiger charge is 2.06. The van der Waals surface area contributed by atoms with Crippen molar-refractivity contribution >= 4 is 50.6 Å². The summed E-state index contributed by atoms with van der Waals surface area (Å²) >= 11 is 5.29. The number of ether oxygens (including phenoxy) is 2. The van der Waals surface area contributed by atoms with Gasteiger partial charge in [-0.15, -0.1) is 0 Å². The van der Waals surface area contributed by atoms with Gasteiger partial charge in [-0.1, -0.05) is 0 Å². The Balaban J connectivity index is 1.81. The number of nitrogens with zero attached hydrogens (tertiary/aromatic N) is 1. The zero-order chi connectivity index (χ0) is 15.9. The number of furan rings is 1. The molecule has 2 rings (SSSR count). The molecule has 6 nitrogen and oxygen atoms in total. The van der Waals surface area contributed by atoms with E-state index in [-0.39, 0.29) is 12.5 Å². The van der Waals surface area contributed by atoms with Crippen molar-refractivity contribution in [3.05, 3.63) is 44.3 Å². The van der Waals surface area contributed by atoms with Gasteiger partial charge in [-0.3, -0.25) is 4.79 Å². The number of hydrogen-bond donors (Lipinski definition) is 1. The second-order valence-corrected chi connectivity index (χ2v) is 5.96. The van der Waals surface area contributed by atoms with Gasteiger partial charge in [0, 0.05) is 0 Å². The Kier molecular flexibility index (Phi) is 6.25. The van der Waals surface area contributed by atoms with E-state index >= 15 is 0 Å². The SMILES string of the molecule is COc1ccc(OCC(=O)NN=Cc2ccc(Br)o2)c(I)c1. The summed E-state index contributed by atoms with van der Waals surface area (Å²) in [4.78, 5) is 11.6. The van der Waals surface area contributed by atoms with Crippen molar-refractivity contribution in [2.24, 2.45) is 5.10 Å². The minimum absolute atomic E-state index is 0.137. The van der Waals surface area contributed by atoms with E-state index in [1.54, 1.807) is 31.4 Å². The second kappa shape index (κ2) is 8.18. The first kappa shape index (κ1) is 16.8. The highest BCUT2D eigenvalue weighted by atomic mass is 127. The number of hydrazone groups is 1. The molecule has 0 spiro atoms. The fourth-order valence-corrected chi connectivity index (χ4v) is 2.43. The van der Waals surface area contributed by atoms with Gasteiger partial charge < -0.3 is 13.9 Å². The average molecular weight is 479 g/mol.